The summed E-state index contributed by atoms with van der Waals surface area (Å²) in [7, 11) is 0. The van der Waals surface area contributed by atoms with Crippen LogP contribution in [-0.4, -0.2) is 103 Å². The van der Waals surface area contributed by atoms with E-state index in [1.165, 1.54) is 36.4 Å². The van der Waals surface area contributed by atoms with Crippen molar-refractivity contribution in [3.8, 4) is 51.0 Å². The number of nitrogens with one attached hydrogen (secondary N) is 2. The van der Waals surface area contributed by atoms with Gasteiger partial charge in [-0.25, -0.2) is 41.3 Å². The molecule has 3 aliphatic rings. The molecule has 29 heteroatoms. The van der Waals surface area contributed by atoms with Gasteiger partial charge in [0.15, 0.2) is 0 Å². The molecule has 15 nitrogen and oxygen atoms in total. The fraction of sp³-hybridized carbons (Fsp3) is 0.333. The number of nitrogens with two attached hydrogens (primary N) is 3. The third-order valence-corrected chi connectivity index (χ3v) is 12.9. The van der Waals surface area contributed by atoms with Crippen LogP contribution in [0.4, 0.5) is 61.5 Å². The Balaban J connectivity index is 0.000000179. The molecule has 0 bridgehead atoms. The Morgan fingerprint density at radius 2 is 0.904 bits per heavy atom. The van der Waals surface area contributed by atoms with Crippen LogP contribution >= 0.6 is 0 Å². The predicted molar refractivity (Wildman–Crippen MR) is 267 cm³/mol. The van der Waals surface area contributed by atoms with Crippen molar-refractivity contribution in [3.05, 3.63) is 141 Å². The van der Waals surface area contributed by atoms with E-state index in [0.717, 1.165) is 24.3 Å². The molecule has 3 amide bonds. The zero-order chi connectivity index (χ0) is 60.7. The second-order valence-corrected chi connectivity index (χ2v) is 19.0. The van der Waals surface area contributed by atoms with E-state index < -0.39 is 103 Å². The van der Waals surface area contributed by atoms with Crippen LogP contribution in [0.2, 0.25) is 0 Å². The maximum Gasteiger partial charge on any atom is 0.401 e. The highest BCUT2D eigenvalue weighted by molar-refractivity contribution is 5.94. The van der Waals surface area contributed by atoms with Crippen molar-refractivity contribution >= 4 is 17.7 Å². The minimum Gasteiger partial charge on any atom is -0.473 e. The number of carbonyl (C=O) groups is 3. The van der Waals surface area contributed by atoms with Crippen molar-refractivity contribution in [3.63, 3.8) is 0 Å². The minimum atomic E-state index is -4.35. The summed E-state index contributed by atoms with van der Waals surface area (Å²) in [5.41, 5.74) is 17.6. The SMILES string of the molecule is C[C@H]1Cc2c(-c3ccc(F)cc3F)cc(C(N)=O)nc2O[C@@H]1COC(F)F.NC(=O)c1cc(-c2ccc(F)cc2F)c2c(n1)O[C@@H](CNCC(F)(F)F)CC2.NC(=O)c1cc(-c2ccc(F)cc2F)c2c(n1)O[C@H](CNCC(F)(F)F)CC2. The number of hydrogen-bond acceptors (Lipinski definition) is 12. The molecule has 3 aromatic heterocycles. The van der Waals surface area contributed by atoms with Crippen molar-refractivity contribution in [2.45, 2.75) is 76.3 Å². The predicted octanol–water partition coefficient (Wildman–Crippen LogP) is 9.25. The highest BCUT2D eigenvalue weighted by atomic mass is 19.4. The number of benzene rings is 3. The first-order valence-corrected chi connectivity index (χ1v) is 24.9. The van der Waals surface area contributed by atoms with Crippen LogP contribution < -0.4 is 42.0 Å². The van der Waals surface area contributed by atoms with Gasteiger partial charge in [0.25, 0.3) is 17.7 Å². The lowest BCUT2D eigenvalue weighted by Gasteiger charge is -2.32. The van der Waals surface area contributed by atoms with E-state index in [1.54, 1.807) is 6.92 Å². The molecule has 0 saturated carbocycles. The molecule has 0 unspecified atom stereocenters. The molecule has 3 aromatic carbocycles. The zero-order valence-electron chi connectivity index (χ0n) is 43.1. The van der Waals surface area contributed by atoms with E-state index in [2.05, 4.69) is 30.3 Å². The molecular formula is C54H48F14N8O7. The van der Waals surface area contributed by atoms with Crippen LogP contribution in [-0.2, 0) is 24.0 Å². The number of carbonyl (C=O) groups excluding carboxylic acids is 3. The summed E-state index contributed by atoms with van der Waals surface area (Å²) in [5, 5.41) is 4.51. The number of hydrogen-bond donors (Lipinski definition) is 5. The summed E-state index contributed by atoms with van der Waals surface area (Å²) in [6, 6.07) is 13.0. The Bertz CT molecular complexity index is 3230. The first-order valence-electron chi connectivity index (χ1n) is 24.9. The first-order chi connectivity index (χ1) is 39.0. The summed E-state index contributed by atoms with van der Waals surface area (Å²) < 4.78 is 202. The highest BCUT2D eigenvalue weighted by Crippen LogP contribution is 2.41. The molecule has 0 fully saturated rings. The van der Waals surface area contributed by atoms with E-state index in [4.69, 9.17) is 31.4 Å². The number of alkyl halides is 8. The largest absolute Gasteiger partial charge is 0.473 e. The van der Waals surface area contributed by atoms with Gasteiger partial charge in [0.1, 0.15) is 70.3 Å². The van der Waals surface area contributed by atoms with Gasteiger partial charge in [0, 0.05) is 64.7 Å². The zero-order valence-corrected chi connectivity index (χ0v) is 43.1. The van der Waals surface area contributed by atoms with Crippen LogP contribution in [0, 0.1) is 40.8 Å². The third-order valence-electron chi connectivity index (χ3n) is 12.9. The monoisotopic (exact) mass is 1190 g/mol. The highest BCUT2D eigenvalue weighted by Gasteiger charge is 2.35. The van der Waals surface area contributed by atoms with Crippen molar-refractivity contribution < 1.29 is 94.8 Å². The van der Waals surface area contributed by atoms with E-state index in [-0.39, 0.29) is 93.7 Å². The topological polar surface area (TPSA) is 229 Å². The molecule has 8 N–H and O–H groups in total. The molecule has 6 aromatic rings. The average Bonchev–Trinajstić information content (AvgIpc) is 2.68. The first kappa shape index (κ1) is 62.4. The van der Waals surface area contributed by atoms with E-state index in [9.17, 15) is 75.8 Å². The molecule has 4 atom stereocenters. The number of aromatic nitrogens is 3. The summed E-state index contributed by atoms with van der Waals surface area (Å²) in [6.07, 6.45) is -8.99. The number of primary amides is 3. The van der Waals surface area contributed by atoms with Gasteiger partial charge < -0.3 is 46.8 Å². The van der Waals surface area contributed by atoms with Gasteiger partial charge in [0.2, 0.25) is 17.6 Å². The summed E-state index contributed by atoms with van der Waals surface area (Å²) in [4.78, 5) is 46.8. The fourth-order valence-corrected chi connectivity index (χ4v) is 9.00. The lowest BCUT2D eigenvalue weighted by atomic mass is 9.88. The van der Waals surface area contributed by atoms with Crippen molar-refractivity contribution in [2.24, 2.45) is 23.1 Å². The molecule has 0 saturated heterocycles. The number of amides is 3. The number of halogens is 14. The lowest BCUT2D eigenvalue weighted by Crippen LogP contribution is -2.39. The number of ether oxygens (including phenoxy) is 4. The molecule has 0 spiro atoms. The Morgan fingerprint density at radius 3 is 1.23 bits per heavy atom. The van der Waals surface area contributed by atoms with E-state index >= 15 is 0 Å². The summed E-state index contributed by atoms with van der Waals surface area (Å²) in [6.45, 7) is -4.06. The van der Waals surface area contributed by atoms with Crippen LogP contribution in [0.3, 0.4) is 0 Å². The van der Waals surface area contributed by atoms with Gasteiger partial charge in [-0.2, -0.15) is 35.1 Å². The number of rotatable bonds is 15. The van der Waals surface area contributed by atoms with Crippen LogP contribution in [0.1, 0.15) is 67.9 Å². The van der Waals surface area contributed by atoms with Gasteiger partial charge in [-0.1, -0.05) is 6.92 Å². The molecule has 0 aliphatic carbocycles. The van der Waals surface area contributed by atoms with Gasteiger partial charge in [0.05, 0.1) is 19.7 Å². The molecule has 0 radical (unpaired) electrons. The maximum atomic E-state index is 14.3. The van der Waals surface area contributed by atoms with E-state index in [1.807, 2.05) is 0 Å². The van der Waals surface area contributed by atoms with Crippen molar-refractivity contribution in [2.75, 3.05) is 32.8 Å². The average molecular weight is 1190 g/mol. The normalized spacial score (nSPS) is 17.2. The summed E-state index contributed by atoms with van der Waals surface area (Å²) >= 11 is 0. The number of pyridine rings is 3. The number of fused-ring (bicyclic) bond motifs is 3. The van der Waals surface area contributed by atoms with Crippen LogP contribution in [0.25, 0.3) is 33.4 Å². The van der Waals surface area contributed by atoms with Gasteiger partial charge in [-0.05, 0) is 109 Å². The second-order valence-electron chi connectivity index (χ2n) is 19.0. The maximum absolute atomic E-state index is 14.3. The third kappa shape index (κ3) is 16.5. The fourth-order valence-electron chi connectivity index (χ4n) is 9.00. The van der Waals surface area contributed by atoms with Crippen LogP contribution in [0.5, 0.6) is 17.6 Å². The molecule has 3 aliphatic heterocycles. The van der Waals surface area contributed by atoms with Gasteiger partial charge >= 0.3 is 19.0 Å². The Morgan fingerprint density at radius 1 is 0.554 bits per heavy atom. The standard InChI is InChI=1S/2C18H16F5N3O2.C18H16F4N2O3/c2*19-9-1-3-11(14(20)5-9)13-6-15(16(24)27)26-17-12(13)4-2-10(28-17)7-25-8-18(21,22)23;1-8-4-12-11(10-3-2-9(19)5-13(10)20)6-14(16(23)25)24-17(12)27-15(8)7-26-18(21)22/h2*1,3,5-6,10,25H,2,4,7-8H2,(H2,24,27);2-3,5-6,8,15,18H,4,7H2,1H3,(H2,23,25)/t2*10-;8-,15+/m100/s1. The van der Waals surface area contributed by atoms with Gasteiger partial charge in [-0.3, -0.25) is 14.4 Å². The Kier molecular flexibility index (Phi) is 19.8. The van der Waals surface area contributed by atoms with Crippen molar-refractivity contribution in [1.82, 2.24) is 25.6 Å². The smallest absolute Gasteiger partial charge is 0.401 e. The summed E-state index contributed by atoms with van der Waals surface area (Å²) in [5.74, 6) is -7.65. The molecule has 6 heterocycles. The Labute approximate surface area is 461 Å². The molecular weight excluding hydrogens is 1140 g/mol. The minimum absolute atomic E-state index is 0.0000775. The van der Waals surface area contributed by atoms with Crippen LogP contribution in [0.15, 0.2) is 72.8 Å². The van der Waals surface area contributed by atoms with Crippen molar-refractivity contribution in [1.29, 1.82) is 0 Å². The van der Waals surface area contributed by atoms with E-state index in [0.29, 0.717) is 60.9 Å². The molecule has 9 rings (SSSR count). The molecule has 444 valence electrons. The Hall–Kier alpha value is -8.18. The quantitative estimate of drug-likeness (QED) is 0.0606. The second kappa shape index (κ2) is 26.4. The van der Waals surface area contributed by atoms with Gasteiger partial charge in [-0.15, -0.1) is 0 Å². The lowest BCUT2D eigenvalue weighted by molar-refractivity contribution is -0.150. The number of nitrogens with zero attached hydrogens (tertiary/aromatic N) is 3. The molecule has 83 heavy (non-hydrogen) atoms.